The highest BCUT2D eigenvalue weighted by molar-refractivity contribution is 5.65. The third-order valence-corrected chi connectivity index (χ3v) is 4.15. The van der Waals surface area contributed by atoms with Crippen molar-refractivity contribution in [3.05, 3.63) is 35.6 Å². The second-order valence-electron chi connectivity index (χ2n) is 5.70. The van der Waals surface area contributed by atoms with Gasteiger partial charge in [0.05, 0.1) is 12.0 Å². The Kier molecular flexibility index (Phi) is 5.53. The zero-order valence-corrected chi connectivity index (χ0v) is 11.7. The molecule has 1 aromatic rings. The fraction of sp³-hybridized carbons (Fsp3) is 0.562. The molecule has 1 unspecified atom stereocenters. The topological polar surface area (TPSA) is 44.6 Å². The summed E-state index contributed by atoms with van der Waals surface area (Å²) in [6.07, 6.45) is 6.97. The van der Waals surface area contributed by atoms with Crippen LogP contribution in [0.4, 0.5) is 4.39 Å². The summed E-state index contributed by atoms with van der Waals surface area (Å²) in [6.45, 7) is 0.654. The lowest BCUT2D eigenvalue weighted by molar-refractivity contribution is -0.934. The predicted molar refractivity (Wildman–Crippen MR) is 72.4 cm³/mol. The van der Waals surface area contributed by atoms with Crippen LogP contribution in [0.2, 0.25) is 0 Å². The van der Waals surface area contributed by atoms with Gasteiger partial charge in [0.15, 0.2) is 0 Å². The lowest BCUT2D eigenvalue weighted by Gasteiger charge is -2.28. The molecule has 2 rings (SSSR count). The monoisotopic (exact) mass is 279 g/mol. The van der Waals surface area contributed by atoms with Crippen molar-refractivity contribution in [3.8, 4) is 0 Å². The Balaban J connectivity index is 2.05. The Bertz CT molecular complexity index is 425. The van der Waals surface area contributed by atoms with E-state index in [1.54, 1.807) is 12.1 Å². The number of aliphatic carboxylic acids is 1. The van der Waals surface area contributed by atoms with Crippen LogP contribution in [0.25, 0.3) is 0 Å². The molecule has 110 valence electrons. The van der Waals surface area contributed by atoms with Gasteiger partial charge in [-0.2, -0.15) is 0 Å². The van der Waals surface area contributed by atoms with Crippen LogP contribution in [0.5, 0.6) is 0 Å². The van der Waals surface area contributed by atoms with Crippen molar-refractivity contribution < 1.29 is 19.2 Å². The molecule has 0 spiro atoms. The first-order valence-electron chi connectivity index (χ1n) is 7.44. The van der Waals surface area contributed by atoms with Crippen LogP contribution in [0.3, 0.4) is 0 Å². The van der Waals surface area contributed by atoms with E-state index >= 15 is 0 Å². The number of carbonyl (C=O) groups excluding carboxylic acids is 1. The molecule has 1 aromatic carbocycles. The minimum atomic E-state index is -1.01. The summed E-state index contributed by atoms with van der Waals surface area (Å²) in [7, 11) is 0. The summed E-state index contributed by atoms with van der Waals surface area (Å²) in [5.41, 5.74) is 0.979. The fourth-order valence-electron chi connectivity index (χ4n) is 3.09. The summed E-state index contributed by atoms with van der Waals surface area (Å²) in [4.78, 5) is 12.0. The van der Waals surface area contributed by atoms with Gasteiger partial charge in [-0.05, 0) is 37.8 Å². The maximum absolute atomic E-state index is 12.9. The second-order valence-corrected chi connectivity index (χ2v) is 5.70. The van der Waals surface area contributed by atoms with Gasteiger partial charge in [0, 0.05) is 5.56 Å². The zero-order valence-electron chi connectivity index (χ0n) is 11.7. The second kappa shape index (κ2) is 7.39. The van der Waals surface area contributed by atoms with E-state index in [0.29, 0.717) is 12.6 Å². The zero-order chi connectivity index (χ0) is 14.4. The molecule has 0 aliphatic heterocycles. The molecule has 0 heterocycles. The van der Waals surface area contributed by atoms with Crippen molar-refractivity contribution in [1.29, 1.82) is 0 Å². The number of quaternary nitrogens is 1. The molecule has 1 aliphatic rings. The highest BCUT2D eigenvalue weighted by Gasteiger charge is 2.23. The van der Waals surface area contributed by atoms with Crippen molar-refractivity contribution in [2.24, 2.45) is 0 Å². The smallest absolute Gasteiger partial charge is 0.123 e. The van der Waals surface area contributed by atoms with Gasteiger partial charge >= 0.3 is 0 Å². The highest BCUT2D eigenvalue weighted by Crippen LogP contribution is 2.15. The number of carboxylic acid groups (broad SMARTS) is 1. The minimum Gasteiger partial charge on any atom is -0.544 e. The first-order chi connectivity index (χ1) is 9.65. The predicted octanol–water partition coefficient (Wildman–Crippen LogP) is 0.683. The molecule has 20 heavy (non-hydrogen) atoms. The van der Waals surface area contributed by atoms with Crippen molar-refractivity contribution in [2.45, 2.75) is 51.1 Å². The van der Waals surface area contributed by atoms with E-state index in [1.165, 1.54) is 37.8 Å². The van der Waals surface area contributed by atoms with Crippen molar-refractivity contribution >= 4 is 5.97 Å². The van der Waals surface area contributed by atoms with Crippen LogP contribution in [-0.4, -0.2) is 18.6 Å². The first-order valence-corrected chi connectivity index (χ1v) is 7.44. The Morgan fingerprint density at radius 2 is 1.75 bits per heavy atom. The van der Waals surface area contributed by atoms with Gasteiger partial charge in [0.1, 0.15) is 18.9 Å². The Morgan fingerprint density at radius 3 is 2.30 bits per heavy atom. The van der Waals surface area contributed by atoms with Crippen molar-refractivity contribution in [1.82, 2.24) is 0 Å². The van der Waals surface area contributed by atoms with Crippen LogP contribution < -0.4 is 10.0 Å². The molecule has 1 atom stereocenters. The van der Waals surface area contributed by atoms with Gasteiger partial charge in [-0.25, -0.2) is 4.39 Å². The molecule has 0 aromatic heterocycles. The van der Waals surface area contributed by atoms with Gasteiger partial charge in [-0.1, -0.05) is 25.0 Å². The van der Waals surface area contributed by atoms with Crippen molar-refractivity contribution in [3.63, 3.8) is 0 Å². The average Bonchev–Trinajstić information content (AvgIpc) is 2.69. The summed E-state index contributed by atoms with van der Waals surface area (Å²) in [6, 6.07) is 6.71. The Hall–Kier alpha value is -1.42. The summed E-state index contributed by atoms with van der Waals surface area (Å²) in [5, 5.41) is 11.0. The number of hydrogen-bond acceptors (Lipinski definition) is 2. The standard InChI is InChI=1S/C16H22FNO2/c17-14-9-7-13(8-10-14)11-18(12-16(19)20)15-5-3-1-2-4-6-15/h7-10,15H,1-6,11-12H2,(H,19,20). The van der Waals surface area contributed by atoms with Crippen LogP contribution in [0.1, 0.15) is 44.1 Å². The molecular formula is C16H22FNO2. The van der Waals surface area contributed by atoms with Gasteiger partial charge in [0.25, 0.3) is 0 Å². The Labute approximate surface area is 119 Å². The van der Waals surface area contributed by atoms with Gasteiger partial charge < -0.3 is 14.8 Å². The third-order valence-electron chi connectivity index (χ3n) is 4.15. The normalized spacial score (nSPS) is 18.4. The van der Waals surface area contributed by atoms with Crippen molar-refractivity contribution in [2.75, 3.05) is 6.54 Å². The number of nitrogens with one attached hydrogen (secondary N) is 1. The maximum Gasteiger partial charge on any atom is 0.123 e. The van der Waals surface area contributed by atoms with Crippen LogP contribution >= 0.6 is 0 Å². The average molecular weight is 279 g/mol. The lowest BCUT2D eigenvalue weighted by atomic mass is 10.1. The summed E-state index contributed by atoms with van der Waals surface area (Å²) < 4.78 is 12.9. The number of halogens is 1. The number of hydrogen-bond donors (Lipinski definition) is 1. The summed E-state index contributed by atoms with van der Waals surface area (Å²) >= 11 is 0. The molecule has 1 N–H and O–H groups in total. The van der Waals surface area contributed by atoms with E-state index in [9.17, 15) is 14.3 Å². The number of benzene rings is 1. The van der Waals surface area contributed by atoms with Gasteiger partial charge in [-0.3, -0.25) is 0 Å². The molecule has 1 fully saturated rings. The molecule has 0 saturated heterocycles. The SMILES string of the molecule is O=C([O-])C[NH+](Cc1ccc(F)cc1)C1CCCCCC1. The quantitative estimate of drug-likeness (QED) is 0.806. The molecular weight excluding hydrogens is 257 g/mol. The maximum atomic E-state index is 12.9. The van der Waals surface area contributed by atoms with Crippen LogP contribution in [-0.2, 0) is 11.3 Å². The van der Waals surface area contributed by atoms with Gasteiger partial charge in [-0.15, -0.1) is 0 Å². The largest absolute Gasteiger partial charge is 0.544 e. The van der Waals surface area contributed by atoms with E-state index in [2.05, 4.69) is 0 Å². The molecule has 1 saturated carbocycles. The van der Waals surface area contributed by atoms with E-state index < -0.39 is 5.97 Å². The minimum absolute atomic E-state index is 0.0298. The molecule has 0 bridgehead atoms. The number of rotatable bonds is 5. The lowest BCUT2D eigenvalue weighted by Crippen LogP contribution is -3.15. The number of carboxylic acids is 1. The van der Waals surface area contributed by atoms with Crippen LogP contribution in [0.15, 0.2) is 24.3 Å². The first kappa shape index (κ1) is 15.0. The van der Waals surface area contributed by atoms with E-state index in [-0.39, 0.29) is 12.4 Å². The third kappa shape index (κ3) is 4.60. The fourth-order valence-corrected chi connectivity index (χ4v) is 3.09. The van der Waals surface area contributed by atoms with E-state index in [1.807, 2.05) is 0 Å². The molecule has 0 amide bonds. The molecule has 4 heteroatoms. The molecule has 3 nitrogen and oxygen atoms in total. The molecule has 0 radical (unpaired) electrons. The highest BCUT2D eigenvalue weighted by atomic mass is 19.1. The Morgan fingerprint density at radius 1 is 1.15 bits per heavy atom. The van der Waals surface area contributed by atoms with Gasteiger partial charge in [0.2, 0.25) is 0 Å². The van der Waals surface area contributed by atoms with E-state index in [0.717, 1.165) is 23.3 Å². The molecule has 1 aliphatic carbocycles. The van der Waals surface area contributed by atoms with E-state index in [4.69, 9.17) is 0 Å². The number of carbonyl (C=O) groups is 1. The summed E-state index contributed by atoms with van der Waals surface area (Å²) in [5.74, 6) is -1.27. The van der Waals surface area contributed by atoms with Crippen LogP contribution in [0, 0.1) is 5.82 Å².